The Morgan fingerprint density at radius 1 is 1.12 bits per heavy atom. The fraction of sp³-hybridized carbons (Fsp3) is 0.0556. The van der Waals surface area contributed by atoms with E-state index >= 15 is 0 Å². The van der Waals surface area contributed by atoms with Gasteiger partial charge < -0.3 is 19.9 Å². The number of fused-ring (bicyclic) bond motifs is 2. The summed E-state index contributed by atoms with van der Waals surface area (Å²) in [4.78, 5) is 11.4. The van der Waals surface area contributed by atoms with Crippen LogP contribution in [0.2, 0.25) is 0 Å². The average Bonchev–Trinajstić information content (AvgIpc) is 3.01. The van der Waals surface area contributed by atoms with Crippen molar-refractivity contribution in [2.75, 3.05) is 0 Å². The molecule has 1 aliphatic heterocycles. The van der Waals surface area contributed by atoms with Crippen molar-refractivity contribution >= 4 is 40.7 Å². The number of carbonyl (C=O) groups is 1. The maximum Gasteiger partial charge on any atom is 0.491 e. The quantitative estimate of drug-likeness (QED) is 0.498. The summed E-state index contributed by atoms with van der Waals surface area (Å²) < 4.78 is 5.14. The van der Waals surface area contributed by atoms with Gasteiger partial charge in [-0.1, -0.05) is 30.3 Å². The molecule has 128 valence electrons. The van der Waals surface area contributed by atoms with Gasteiger partial charge in [0, 0.05) is 5.39 Å². The Labute approximate surface area is 148 Å². The maximum absolute atomic E-state index is 11.4. The van der Waals surface area contributed by atoms with Crippen molar-refractivity contribution in [1.29, 1.82) is 0 Å². The Morgan fingerprint density at radius 2 is 1.92 bits per heavy atom. The van der Waals surface area contributed by atoms with Gasteiger partial charge in [0.1, 0.15) is 11.3 Å². The first-order valence-corrected chi connectivity index (χ1v) is 7.87. The van der Waals surface area contributed by atoms with Gasteiger partial charge in [-0.2, -0.15) is 5.11 Å². The highest BCUT2D eigenvalue weighted by molar-refractivity contribution is 6.61. The molecule has 0 spiro atoms. The van der Waals surface area contributed by atoms with Gasteiger partial charge >= 0.3 is 13.1 Å². The third-order valence-corrected chi connectivity index (χ3v) is 4.28. The Kier molecular flexibility index (Phi) is 3.91. The molecule has 0 unspecified atom stereocenters. The van der Waals surface area contributed by atoms with E-state index in [4.69, 9.17) is 4.65 Å². The van der Waals surface area contributed by atoms with Crippen LogP contribution in [0, 0.1) is 0 Å². The van der Waals surface area contributed by atoms with Gasteiger partial charge in [-0.25, -0.2) is 4.79 Å². The van der Waals surface area contributed by atoms with Gasteiger partial charge in [-0.3, -0.25) is 0 Å². The van der Waals surface area contributed by atoms with Gasteiger partial charge in [0.25, 0.3) is 0 Å². The third-order valence-electron chi connectivity index (χ3n) is 4.28. The topological polar surface area (TPSA) is 112 Å². The number of nitrogens with zero attached hydrogens (tertiary/aromatic N) is 2. The van der Waals surface area contributed by atoms with Crippen molar-refractivity contribution < 1.29 is 24.7 Å². The molecule has 0 fully saturated rings. The molecular weight excluding hydrogens is 335 g/mol. The van der Waals surface area contributed by atoms with E-state index in [0.717, 1.165) is 5.56 Å². The highest BCUT2D eigenvalue weighted by Crippen LogP contribution is 2.39. The second kappa shape index (κ2) is 6.25. The summed E-state index contributed by atoms with van der Waals surface area (Å²) in [5.41, 5.74) is 1.79. The lowest BCUT2D eigenvalue weighted by Gasteiger charge is -2.07. The minimum atomic E-state index is -1.25. The largest absolute Gasteiger partial charge is 0.505 e. The second-order valence-corrected chi connectivity index (χ2v) is 5.89. The monoisotopic (exact) mass is 348 g/mol. The molecule has 26 heavy (non-hydrogen) atoms. The summed E-state index contributed by atoms with van der Waals surface area (Å²) in [7, 11) is -0.996. The van der Waals surface area contributed by atoms with Gasteiger partial charge in [0.15, 0.2) is 5.75 Å². The second-order valence-electron chi connectivity index (χ2n) is 5.89. The molecular formula is C18H13BN2O5. The molecule has 1 heterocycles. The van der Waals surface area contributed by atoms with Crippen molar-refractivity contribution in [3.05, 3.63) is 59.7 Å². The Hall–Kier alpha value is -3.23. The summed E-state index contributed by atoms with van der Waals surface area (Å²) in [6.45, 7) is 0.333. The van der Waals surface area contributed by atoms with Gasteiger partial charge in [0.05, 0.1) is 12.3 Å². The molecule has 3 aromatic carbocycles. The standard InChI is InChI=1S/C18H13BN2O5/c22-17-14(18(23)24)7-10-3-1-2-4-13(10)16(17)21-20-12-6-5-11-9-26-19(25)15(11)8-12/h1-8,22,25H,9H2,(H,23,24)/b21-20+. The molecule has 0 atom stereocenters. The molecule has 3 N–H and O–H groups in total. The zero-order chi connectivity index (χ0) is 18.3. The minimum absolute atomic E-state index is 0.0813. The van der Waals surface area contributed by atoms with Crippen LogP contribution in [0.3, 0.4) is 0 Å². The van der Waals surface area contributed by atoms with Crippen molar-refractivity contribution in [3.63, 3.8) is 0 Å². The molecule has 0 aromatic heterocycles. The van der Waals surface area contributed by atoms with E-state index < -0.39 is 18.8 Å². The van der Waals surface area contributed by atoms with E-state index in [1.165, 1.54) is 6.07 Å². The van der Waals surface area contributed by atoms with Crippen LogP contribution < -0.4 is 5.46 Å². The predicted octanol–water partition coefficient (Wildman–Crippen LogP) is 2.88. The predicted molar refractivity (Wildman–Crippen MR) is 95.6 cm³/mol. The number of benzene rings is 3. The number of phenols is 1. The maximum atomic E-state index is 11.4. The highest BCUT2D eigenvalue weighted by atomic mass is 16.5. The van der Waals surface area contributed by atoms with Crippen LogP contribution in [0.1, 0.15) is 15.9 Å². The van der Waals surface area contributed by atoms with Crippen LogP contribution in [0.4, 0.5) is 11.4 Å². The van der Waals surface area contributed by atoms with E-state index in [-0.39, 0.29) is 11.3 Å². The van der Waals surface area contributed by atoms with Crippen LogP contribution in [-0.2, 0) is 11.3 Å². The van der Waals surface area contributed by atoms with Gasteiger partial charge in [-0.15, -0.1) is 5.11 Å². The van der Waals surface area contributed by atoms with E-state index in [1.54, 1.807) is 42.5 Å². The van der Waals surface area contributed by atoms with E-state index in [2.05, 4.69) is 10.2 Å². The Morgan fingerprint density at radius 3 is 2.73 bits per heavy atom. The fourth-order valence-corrected chi connectivity index (χ4v) is 2.95. The number of aromatic carboxylic acids is 1. The molecule has 0 bridgehead atoms. The van der Waals surface area contributed by atoms with Crippen LogP contribution >= 0.6 is 0 Å². The fourth-order valence-electron chi connectivity index (χ4n) is 2.95. The minimum Gasteiger partial charge on any atom is -0.505 e. The molecule has 7 nitrogen and oxygen atoms in total. The highest BCUT2D eigenvalue weighted by Gasteiger charge is 2.27. The van der Waals surface area contributed by atoms with E-state index in [9.17, 15) is 20.0 Å². The number of azo groups is 1. The number of hydrogen-bond acceptors (Lipinski definition) is 6. The first-order chi connectivity index (χ1) is 12.5. The molecule has 0 saturated heterocycles. The Bertz CT molecular complexity index is 1070. The smallest absolute Gasteiger partial charge is 0.491 e. The molecule has 8 heteroatoms. The van der Waals surface area contributed by atoms with Crippen molar-refractivity contribution in [2.24, 2.45) is 10.2 Å². The lowest BCUT2D eigenvalue weighted by atomic mass is 9.79. The van der Waals surface area contributed by atoms with Crippen LogP contribution in [0.15, 0.2) is 58.8 Å². The first-order valence-electron chi connectivity index (χ1n) is 7.87. The SMILES string of the molecule is O=C(O)c1cc2ccccc2c(/N=N/c2ccc3c(c2)B(O)OC3)c1O. The van der Waals surface area contributed by atoms with Crippen molar-refractivity contribution in [3.8, 4) is 5.75 Å². The molecule has 4 rings (SSSR count). The van der Waals surface area contributed by atoms with Crippen molar-refractivity contribution in [2.45, 2.75) is 6.61 Å². The number of hydrogen-bond donors (Lipinski definition) is 3. The number of carboxylic acids is 1. The third kappa shape index (κ3) is 2.71. The number of rotatable bonds is 3. The van der Waals surface area contributed by atoms with E-state index in [1.807, 2.05) is 0 Å². The zero-order valence-electron chi connectivity index (χ0n) is 13.5. The Balaban J connectivity index is 1.82. The summed E-state index contributed by atoms with van der Waals surface area (Å²) in [6.07, 6.45) is 0. The van der Waals surface area contributed by atoms with Crippen molar-refractivity contribution in [1.82, 2.24) is 0 Å². The molecule has 0 amide bonds. The molecule has 1 aliphatic rings. The van der Waals surface area contributed by atoms with Crippen LogP contribution in [0.5, 0.6) is 5.75 Å². The summed E-state index contributed by atoms with van der Waals surface area (Å²) >= 11 is 0. The lowest BCUT2D eigenvalue weighted by Crippen LogP contribution is -2.27. The lowest BCUT2D eigenvalue weighted by molar-refractivity contribution is 0.0694. The summed E-state index contributed by atoms with van der Waals surface area (Å²) in [5, 5.41) is 38.8. The molecule has 3 aromatic rings. The molecule has 0 radical (unpaired) electrons. The zero-order valence-corrected chi connectivity index (χ0v) is 13.5. The molecule has 0 aliphatic carbocycles. The van der Waals surface area contributed by atoms with Gasteiger partial charge in [0.2, 0.25) is 0 Å². The average molecular weight is 348 g/mol. The van der Waals surface area contributed by atoms with E-state index in [0.29, 0.717) is 28.5 Å². The van der Waals surface area contributed by atoms with Crippen LogP contribution in [-0.4, -0.2) is 28.3 Å². The summed E-state index contributed by atoms with van der Waals surface area (Å²) in [5.74, 6) is -1.69. The molecule has 0 saturated carbocycles. The number of carboxylic acid groups (broad SMARTS) is 1. The number of aromatic hydroxyl groups is 1. The van der Waals surface area contributed by atoms with Crippen LogP contribution in [0.25, 0.3) is 10.8 Å². The summed E-state index contributed by atoms with van der Waals surface area (Å²) in [6, 6.07) is 13.6. The van der Waals surface area contributed by atoms with Gasteiger partial charge in [-0.05, 0) is 34.6 Å². The normalized spacial score (nSPS) is 13.5. The first kappa shape index (κ1) is 16.3.